The van der Waals surface area contributed by atoms with Crippen molar-refractivity contribution in [3.8, 4) is 5.75 Å². The molecule has 1 N–H and O–H groups in total. The van der Waals surface area contributed by atoms with Crippen LogP contribution in [0.4, 0.5) is 11.5 Å². The van der Waals surface area contributed by atoms with Gasteiger partial charge in [-0.05, 0) is 67.3 Å². The van der Waals surface area contributed by atoms with Gasteiger partial charge in [-0.25, -0.2) is 13.4 Å². The number of anilines is 2. The van der Waals surface area contributed by atoms with Gasteiger partial charge in [0, 0.05) is 42.6 Å². The predicted molar refractivity (Wildman–Crippen MR) is 163 cm³/mol. The number of fused-ring (bicyclic) bond motifs is 3. The predicted octanol–water partition coefficient (Wildman–Crippen LogP) is 4.36. The lowest BCUT2D eigenvalue weighted by atomic mass is 10.0. The second-order valence-corrected chi connectivity index (χ2v) is 12.9. The molecule has 0 bridgehead atoms. The number of hydrogen-bond acceptors (Lipinski definition) is 9. The van der Waals surface area contributed by atoms with Gasteiger partial charge < -0.3 is 24.4 Å². The molecule has 0 unspecified atom stereocenters. The van der Waals surface area contributed by atoms with Gasteiger partial charge in [-0.3, -0.25) is 9.78 Å². The molecule has 0 fully saturated rings. The van der Waals surface area contributed by atoms with E-state index < -0.39 is 9.84 Å². The van der Waals surface area contributed by atoms with E-state index in [9.17, 15) is 13.2 Å². The molecule has 1 atom stereocenters. The number of nitrogens with one attached hydrogen (secondary N) is 1. The Balaban J connectivity index is 1.20. The SMILES string of the molecule is CO[C@@H](C)COc1ccc2c(c1)N(c1ccc3cnc(CNC(=O)c4ccc5c(c4)S(=O)(=O)CCOC5)cc3n1)CCC2. The van der Waals surface area contributed by atoms with Crippen LogP contribution in [-0.2, 0) is 38.9 Å². The lowest BCUT2D eigenvalue weighted by Gasteiger charge is -2.31. The monoisotopic (exact) mass is 602 g/mol. The molecule has 1 amide bonds. The number of hydrogen-bond donors (Lipinski definition) is 1. The van der Waals surface area contributed by atoms with Gasteiger partial charge in [-0.15, -0.1) is 0 Å². The molecule has 2 aliphatic rings. The number of carbonyl (C=O) groups excluding carboxylic acids is 1. The third-order valence-electron chi connectivity index (χ3n) is 7.80. The van der Waals surface area contributed by atoms with Gasteiger partial charge in [0.15, 0.2) is 9.84 Å². The van der Waals surface area contributed by atoms with Gasteiger partial charge in [0.25, 0.3) is 5.91 Å². The fourth-order valence-corrected chi connectivity index (χ4v) is 6.69. The lowest BCUT2D eigenvalue weighted by molar-refractivity contribution is 0.0717. The highest BCUT2D eigenvalue weighted by molar-refractivity contribution is 7.91. The van der Waals surface area contributed by atoms with Crippen molar-refractivity contribution in [1.29, 1.82) is 0 Å². The summed E-state index contributed by atoms with van der Waals surface area (Å²) in [6.07, 6.45) is 3.75. The molecule has 11 heteroatoms. The van der Waals surface area contributed by atoms with Crippen LogP contribution in [0.2, 0.25) is 0 Å². The van der Waals surface area contributed by atoms with Crippen LogP contribution >= 0.6 is 0 Å². The zero-order valence-corrected chi connectivity index (χ0v) is 25.0. The molecule has 4 heterocycles. The Kier molecular flexibility index (Phi) is 8.29. The molecule has 0 spiro atoms. The average Bonchev–Trinajstić information content (AvgIpc) is 3.18. The first-order chi connectivity index (χ1) is 20.8. The standard InChI is InChI=1S/C32H34N4O6S/c1-21(40-2)19-42-27-9-7-22-4-3-11-36(29(22)16-27)31-10-8-24-17-33-26(15-28(24)35-31)18-34-32(37)23-5-6-25-20-41-12-13-43(38,39)30(25)14-23/h5-10,14-17,21H,3-4,11-13,18-20H2,1-2H3,(H,34,37)/t21-/m0/s1. The summed E-state index contributed by atoms with van der Waals surface area (Å²) in [5.74, 6) is 1.13. The molecule has 43 heavy (non-hydrogen) atoms. The second-order valence-electron chi connectivity index (χ2n) is 10.8. The molecule has 2 aromatic carbocycles. The average molecular weight is 603 g/mol. The maximum atomic E-state index is 13.0. The second kappa shape index (κ2) is 12.3. The summed E-state index contributed by atoms with van der Waals surface area (Å²) in [4.78, 5) is 24.8. The van der Waals surface area contributed by atoms with Crippen molar-refractivity contribution in [2.24, 2.45) is 0 Å². The Morgan fingerprint density at radius 1 is 1.12 bits per heavy atom. The minimum Gasteiger partial charge on any atom is -0.491 e. The van der Waals surface area contributed by atoms with E-state index in [1.54, 1.807) is 25.4 Å². The lowest BCUT2D eigenvalue weighted by Crippen LogP contribution is -2.25. The summed E-state index contributed by atoms with van der Waals surface area (Å²) in [5, 5.41) is 3.75. The van der Waals surface area contributed by atoms with Crippen molar-refractivity contribution < 1.29 is 27.4 Å². The summed E-state index contributed by atoms with van der Waals surface area (Å²) >= 11 is 0. The molecule has 0 aliphatic carbocycles. The first-order valence-corrected chi connectivity index (χ1v) is 16.0. The van der Waals surface area contributed by atoms with Crippen LogP contribution in [0, 0.1) is 0 Å². The Bertz CT molecular complexity index is 1780. The van der Waals surface area contributed by atoms with Crippen molar-refractivity contribution in [1.82, 2.24) is 15.3 Å². The van der Waals surface area contributed by atoms with E-state index in [4.69, 9.17) is 19.2 Å². The first kappa shape index (κ1) is 29.0. The van der Waals surface area contributed by atoms with Gasteiger partial charge in [-0.2, -0.15) is 0 Å². The van der Waals surface area contributed by atoms with Crippen molar-refractivity contribution in [3.63, 3.8) is 0 Å². The number of methoxy groups -OCH3 is 1. The molecular formula is C32H34N4O6S. The smallest absolute Gasteiger partial charge is 0.251 e. The van der Waals surface area contributed by atoms with Crippen LogP contribution in [0.5, 0.6) is 5.75 Å². The number of aromatic nitrogens is 2. The van der Waals surface area contributed by atoms with Crippen LogP contribution < -0.4 is 15.0 Å². The summed E-state index contributed by atoms with van der Waals surface area (Å²) in [6, 6.07) is 16.7. The number of ether oxygens (including phenoxy) is 3. The molecule has 4 aromatic rings. The summed E-state index contributed by atoms with van der Waals surface area (Å²) < 4.78 is 41.9. The van der Waals surface area contributed by atoms with E-state index in [1.165, 1.54) is 11.6 Å². The third-order valence-corrected chi connectivity index (χ3v) is 9.56. The first-order valence-electron chi connectivity index (χ1n) is 14.3. The van der Waals surface area contributed by atoms with E-state index in [2.05, 4.69) is 27.3 Å². The number of amides is 1. The van der Waals surface area contributed by atoms with Gasteiger partial charge >= 0.3 is 0 Å². The number of aryl methyl sites for hydroxylation is 1. The van der Waals surface area contributed by atoms with Gasteiger partial charge in [0.1, 0.15) is 18.2 Å². The van der Waals surface area contributed by atoms with Crippen molar-refractivity contribution in [2.75, 3.05) is 37.5 Å². The van der Waals surface area contributed by atoms with Gasteiger partial charge in [-0.1, -0.05) is 12.1 Å². The minimum atomic E-state index is -3.51. The summed E-state index contributed by atoms with van der Waals surface area (Å²) in [5.41, 5.74) is 4.57. The van der Waals surface area contributed by atoms with Crippen LogP contribution in [0.25, 0.3) is 10.9 Å². The summed E-state index contributed by atoms with van der Waals surface area (Å²) in [7, 11) is -1.84. The maximum absolute atomic E-state index is 13.0. The molecule has 10 nitrogen and oxygen atoms in total. The van der Waals surface area contributed by atoms with E-state index >= 15 is 0 Å². The fraction of sp³-hybridized carbons (Fsp3) is 0.344. The number of sulfone groups is 1. The molecule has 224 valence electrons. The minimum absolute atomic E-state index is 0.00397. The zero-order valence-electron chi connectivity index (χ0n) is 24.2. The van der Waals surface area contributed by atoms with Crippen molar-refractivity contribution in [2.45, 2.75) is 43.9 Å². The van der Waals surface area contributed by atoms with Crippen LogP contribution in [0.1, 0.15) is 40.5 Å². The van der Waals surface area contributed by atoms with Gasteiger partial charge in [0.2, 0.25) is 0 Å². The normalized spacial score (nSPS) is 16.6. The molecular weight excluding hydrogens is 568 g/mol. The topological polar surface area (TPSA) is 120 Å². The fourth-order valence-electron chi connectivity index (χ4n) is 5.30. The van der Waals surface area contributed by atoms with Crippen molar-refractivity contribution >= 4 is 38.2 Å². The Hall–Kier alpha value is -4.06. The molecule has 0 radical (unpaired) electrons. The largest absolute Gasteiger partial charge is 0.491 e. The molecule has 0 saturated carbocycles. The van der Waals surface area contributed by atoms with Crippen LogP contribution in [0.15, 0.2) is 65.7 Å². The molecule has 6 rings (SSSR count). The molecule has 2 aromatic heterocycles. The molecule has 2 aliphatic heterocycles. The highest BCUT2D eigenvalue weighted by Gasteiger charge is 2.24. The summed E-state index contributed by atoms with van der Waals surface area (Å²) in [6.45, 7) is 3.78. The van der Waals surface area contributed by atoms with E-state index in [-0.39, 0.29) is 48.0 Å². The quantitative estimate of drug-likeness (QED) is 0.314. The third kappa shape index (κ3) is 6.34. The number of benzene rings is 2. The Morgan fingerprint density at radius 3 is 2.84 bits per heavy atom. The highest BCUT2D eigenvalue weighted by atomic mass is 32.2. The van der Waals surface area contributed by atoms with Crippen molar-refractivity contribution in [3.05, 3.63) is 83.2 Å². The van der Waals surface area contributed by atoms with E-state index in [0.717, 1.165) is 47.5 Å². The number of nitrogens with zero attached hydrogens (tertiary/aromatic N) is 3. The molecule has 0 saturated heterocycles. The number of carbonyl (C=O) groups is 1. The van der Waals surface area contributed by atoms with Crippen LogP contribution in [-0.4, -0.2) is 63.0 Å². The van der Waals surface area contributed by atoms with E-state index in [1.807, 2.05) is 31.2 Å². The Labute approximate surface area is 250 Å². The number of rotatable bonds is 8. The number of pyridine rings is 2. The van der Waals surface area contributed by atoms with Crippen LogP contribution in [0.3, 0.4) is 0 Å². The van der Waals surface area contributed by atoms with Gasteiger partial charge in [0.05, 0.1) is 47.7 Å². The zero-order chi connectivity index (χ0) is 30.0. The Morgan fingerprint density at radius 2 is 1.98 bits per heavy atom. The maximum Gasteiger partial charge on any atom is 0.251 e. The highest BCUT2D eigenvalue weighted by Crippen LogP contribution is 2.36. The van der Waals surface area contributed by atoms with E-state index in [0.29, 0.717) is 17.9 Å².